The third-order valence-electron chi connectivity index (χ3n) is 2.63. The smallest absolute Gasteiger partial charge is 0.177 e. The minimum atomic E-state index is -3.26. The second kappa shape index (κ2) is 5.51. The summed E-state index contributed by atoms with van der Waals surface area (Å²) in [5.41, 5.74) is 0.544. The molecule has 1 aromatic carbocycles. The van der Waals surface area contributed by atoms with Crippen molar-refractivity contribution >= 4 is 15.5 Å². The van der Waals surface area contributed by atoms with Crippen LogP contribution in [0.2, 0.25) is 0 Å². The zero-order valence-corrected chi connectivity index (χ0v) is 11.2. The molecule has 0 amide bonds. The number of aliphatic hydroxyl groups is 1. The maximum Gasteiger partial charge on any atom is 0.177 e. The van der Waals surface area contributed by atoms with Crippen LogP contribution < -0.4 is 5.32 Å². The van der Waals surface area contributed by atoms with Gasteiger partial charge in [-0.3, -0.25) is 0 Å². The molecule has 1 aromatic rings. The highest BCUT2D eigenvalue weighted by Crippen LogP contribution is 2.22. The predicted octanol–water partition coefficient (Wildman–Crippen LogP) is 1.52. The number of aliphatic hydroxyl groups excluding tert-OH is 1. The molecule has 0 bridgehead atoms. The van der Waals surface area contributed by atoms with Gasteiger partial charge in [-0.05, 0) is 18.1 Å². The van der Waals surface area contributed by atoms with Crippen molar-refractivity contribution in [2.24, 2.45) is 5.92 Å². The summed E-state index contributed by atoms with van der Waals surface area (Å²) >= 11 is 0. The van der Waals surface area contributed by atoms with Crippen LogP contribution in [0.15, 0.2) is 29.2 Å². The first-order valence-electron chi connectivity index (χ1n) is 5.52. The van der Waals surface area contributed by atoms with Crippen molar-refractivity contribution in [2.45, 2.75) is 24.8 Å². The zero-order chi connectivity index (χ0) is 13.1. The van der Waals surface area contributed by atoms with Crippen molar-refractivity contribution in [2.75, 3.05) is 18.2 Å². The van der Waals surface area contributed by atoms with Gasteiger partial charge in [-0.15, -0.1) is 0 Å². The molecule has 0 aliphatic heterocycles. The quantitative estimate of drug-likeness (QED) is 0.839. The summed E-state index contributed by atoms with van der Waals surface area (Å²) in [6.45, 7) is 3.91. The van der Waals surface area contributed by atoms with Gasteiger partial charge in [-0.2, -0.15) is 0 Å². The minimum Gasteiger partial charge on any atom is -0.394 e. The van der Waals surface area contributed by atoms with Crippen molar-refractivity contribution < 1.29 is 13.5 Å². The SMILES string of the molecule is CC(C)[C@@H](CO)Nc1ccccc1S(C)(=O)=O. The molecule has 0 unspecified atom stereocenters. The Bertz CT molecular complexity index is 468. The third kappa shape index (κ3) is 3.71. The van der Waals surface area contributed by atoms with Gasteiger partial charge in [0.05, 0.1) is 23.2 Å². The van der Waals surface area contributed by atoms with Crippen LogP contribution in [0.25, 0.3) is 0 Å². The molecule has 2 N–H and O–H groups in total. The molecule has 4 nitrogen and oxygen atoms in total. The van der Waals surface area contributed by atoms with Gasteiger partial charge >= 0.3 is 0 Å². The Kier molecular flexibility index (Phi) is 4.54. The first-order chi connectivity index (χ1) is 7.86. The average molecular weight is 257 g/mol. The van der Waals surface area contributed by atoms with E-state index in [4.69, 9.17) is 0 Å². The molecule has 17 heavy (non-hydrogen) atoms. The van der Waals surface area contributed by atoms with E-state index in [9.17, 15) is 13.5 Å². The van der Waals surface area contributed by atoms with E-state index >= 15 is 0 Å². The highest BCUT2D eigenvalue weighted by molar-refractivity contribution is 7.90. The maximum absolute atomic E-state index is 11.6. The topological polar surface area (TPSA) is 66.4 Å². The molecule has 0 aromatic heterocycles. The second-order valence-electron chi connectivity index (χ2n) is 4.45. The Morgan fingerprint density at radius 3 is 2.35 bits per heavy atom. The molecule has 96 valence electrons. The standard InChI is InChI=1S/C12H19NO3S/c1-9(2)11(8-14)13-10-6-4-5-7-12(10)17(3,15)16/h4-7,9,11,13-14H,8H2,1-3H3/t11-/m1/s1. The highest BCUT2D eigenvalue weighted by atomic mass is 32.2. The molecule has 0 heterocycles. The Hall–Kier alpha value is -1.07. The summed E-state index contributed by atoms with van der Waals surface area (Å²) in [6, 6.07) is 6.57. The van der Waals surface area contributed by atoms with Crippen LogP contribution in [-0.4, -0.2) is 32.4 Å². The summed E-state index contributed by atoms with van der Waals surface area (Å²) in [5.74, 6) is 0.215. The molecule has 0 radical (unpaired) electrons. The Morgan fingerprint density at radius 2 is 1.88 bits per heavy atom. The second-order valence-corrected chi connectivity index (χ2v) is 6.43. The van der Waals surface area contributed by atoms with E-state index in [2.05, 4.69) is 5.32 Å². The van der Waals surface area contributed by atoms with Gasteiger partial charge in [0.1, 0.15) is 0 Å². The molecule has 1 rings (SSSR count). The van der Waals surface area contributed by atoms with Crippen LogP contribution in [-0.2, 0) is 9.84 Å². The molecular formula is C12H19NO3S. The number of nitrogens with one attached hydrogen (secondary N) is 1. The van der Waals surface area contributed by atoms with E-state index in [1.54, 1.807) is 24.3 Å². The molecule has 0 aliphatic carbocycles. The summed E-state index contributed by atoms with van der Waals surface area (Å²) < 4.78 is 23.2. The molecule has 5 heteroatoms. The van der Waals surface area contributed by atoms with E-state index in [-0.39, 0.29) is 23.5 Å². The molecule has 0 saturated heterocycles. The highest BCUT2D eigenvalue weighted by Gasteiger charge is 2.17. The molecular weight excluding hydrogens is 238 g/mol. The van der Waals surface area contributed by atoms with E-state index in [1.165, 1.54) is 6.26 Å². The van der Waals surface area contributed by atoms with E-state index < -0.39 is 9.84 Å². The fourth-order valence-electron chi connectivity index (χ4n) is 1.53. The monoisotopic (exact) mass is 257 g/mol. The van der Waals surface area contributed by atoms with Gasteiger partial charge < -0.3 is 10.4 Å². The van der Waals surface area contributed by atoms with Crippen molar-refractivity contribution in [3.63, 3.8) is 0 Å². The van der Waals surface area contributed by atoms with Crippen LogP contribution in [0.5, 0.6) is 0 Å². The van der Waals surface area contributed by atoms with Gasteiger partial charge in [0.15, 0.2) is 9.84 Å². The van der Waals surface area contributed by atoms with Crippen LogP contribution in [0.3, 0.4) is 0 Å². The van der Waals surface area contributed by atoms with E-state index in [0.717, 1.165) is 0 Å². The Morgan fingerprint density at radius 1 is 1.29 bits per heavy atom. The van der Waals surface area contributed by atoms with E-state index in [0.29, 0.717) is 5.69 Å². The predicted molar refractivity (Wildman–Crippen MR) is 68.9 cm³/mol. The van der Waals surface area contributed by atoms with Crippen molar-refractivity contribution in [3.05, 3.63) is 24.3 Å². The van der Waals surface area contributed by atoms with Crippen LogP contribution >= 0.6 is 0 Å². The third-order valence-corrected chi connectivity index (χ3v) is 3.78. The lowest BCUT2D eigenvalue weighted by atomic mass is 10.1. The molecule has 0 aliphatic rings. The number of hydrogen-bond donors (Lipinski definition) is 2. The Balaban J connectivity index is 3.07. The molecule has 0 saturated carbocycles. The molecule has 0 spiro atoms. The summed E-state index contributed by atoms with van der Waals surface area (Å²) in [5, 5.41) is 12.3. The van der Waals surface area contributed by atoms with Crippen LogP contribution in [0.4, 0.5) is 5.69 Å². The van der Waals surface area contributed by atoms with Crippen LogP contribution in [0, 0.1) is 5.92 Å². The largest absolute Gasteiger partial charge is 0.394 e. The fourth-order valence-corrected chi connectivity index (χ4v) is 2.38. The van der Waals surface area contributed by atoms with Gasteiger partial charge in [-0.25, -0.2) is 8.42 Å². The summed E-state index contributed by atoms with van der Waals surface area (Å²) in [6.07, 6.45) is 1.18. The molecule has 0 fully saturated rings. The van der Waals surface area contributed by atoms with Crippen LogP contribution in [0.1, 0.15) is 13.8 Å². The van der Waals surface area contributed by atoms with Gasteiger partial charge in [-0.1, -0.05) is 26.0 Å². The van der Waals surface area contributed by atoms with Crippen molar-refractivity contribution in [3.8, 4) is 0 Å². The lowest BCUT2D eigenvalue weighted by Crippen LogP contribution is -2.30. The first-order valence-corrected chi connectivity index (χ1v) is 7.42. The van der Waals surface area contributed by atoms with Crippen molar-refractivity contribution in [1.29, 1.82) is 0 Å². The fraction of sp³-hybridized carbons (Fsp3) is 0.500. The Labute approximate surface area is 103 Å². The number of rotatable bonds is 5. The van der Waals surface area contributed by atoms with Gasteiger partial charge in [0.2, 0.25) is 0 Å². The average Bonchev–Trinajstić information content (AvgIpc) is 2.24. The molecule has 1 atom stereocenters. The number of benzene rings is 1. The number of para-hydroxylation sites is 1. The number of anilines is 1. The van der Waals surface area contributed by atoms with E-state index in [1.807, 2.05) is 13.8 Å². The normalized spacial score (nSPS) is 13.7. The van der Waals surface area contributed by atoms with Gasteiger partial charge in [0, 0.05) is 6.26 Å². The maximum atomic E-state index is 11.6. The minimum absolute atomic E-state index is 0.0320. The number of sulfone groups is 1. The zero-order valence-electron chi connectivity index (χ0n) is 10.3. The summed E-state index contributed by atoms with van der Waals surface area (Å²) in [7, 11) is -3.26. The lowest BCUT2D eigenvalue weighted by Gasteiger charge is -2.22. The van der Waals surface area contributed by atoms with Crippen molar-refractivity contribution in [1.82, 2.24) is 0 Å². The summed E-state index contributed by atoms with van der Waals surface area (Å²) in [4.78, 5) is 0.263. The lowest BCUT2D eigenvalue weighted by molar-refractivity contribution is 0.249. The van der Waals surface area contributed by atoms with Gasteiger partial charge in [0.25, 0.3) is 0 Å². The number of hydrogen-bond acceptors (Lipinski definition) is 4. The first kappa shape index (κ1) is 14.0.